The van der Waals surface area contributed by atoms with E-state index in [9.17, 15) is 4.79 Å². The molecule has 19 heavy (non-hydrogen) atoms. The molecule has 0 aliphatic carbocycles. The molecule has 0 saturated heterocycles. The van der Waals surface area contributed by atoms with Gasteiger partial charge in [-0.1, -0.05) is 68.9 Å². The molecule has 0 atom stereocenters. The Hall–Kier alpha value is -0.876. The summed E-state index contributed by atoms with van der Waals surface area (Å²) in [5.41, 5.74) is 0.736. The Kier molecular flexibility index (Phi) is 6.22. The van der Waals surface area contributed by atoms with Crippen LogP contribution < -0.4 is 0 Å². The number of esters is 1. The van der Waals surface area contributed by atoms with Crippen LogP contribution in [0.15, 0.2) is 35.2 Å². The third-order valence-electron chi connectivity index (χ3n) is 3.24. The maximum atomic E-state index is 12.3. The quantitative estimate of drug-likeness (QED) is 0.239. The number of hydrogen-bond acceptors (Lipinski definition) is 2. The van der Waals surface area contributed by atoms with Crippen molar-refractivity contribution in [1.29, 1.82) is 0 Å². The van der Waals surface area contributed by atoms with Crippen LogP contribution in [0.1, 0.15) is 6.92 Å². The third kappa shape index (κ3) is 5.32. The highest BCUT2D eigenvalue weighted by molar-refractivity contribution is 6.86. The highest BCUT2D eigenvalue weighted by Crippen LogP contribution is 2.29. The highest BCUT2D eigenvalue weighted by Gasteiger charge is 2.31. The minimum absolute atomic E-state index is 0.243. The van der Waals surface area contributed by atoms with Crippen LogP contribution in [-0.4, -0.2) is 28.7 Å². The molecule has 0 aliphatic rings. The molecule has 0 aliphatic heterocycles. The molecule has 0 N–H and O–H groups in total. The molecule has 0 aromatic carbocycles. The Morgan fingerprint density at radius 1 is 1.11 bits per heavy atom. The first-order valence-electron chi connectivity index (χ1n) is 6.62. The molecule has 4 heteroatoms. The molecule has 2 nitrogen and oxygen atoms in total. The molecule has 0 saturated carbocycles. The highest BCUT2D eigenvalue weighted by atomic mass is 28.3. The van der Waals surface area contributed by atoms with Crippen molar-refractivity contribution in [3.8, 4) is 0 Å². The maximum Gasteiger partial charge on any atom is 0.337 e. The van der Waals surface area contributed by atoms with Crippen LogP contribution in [0.3, 0.4) is 0 Å². The predicted octanol–water partition coefficient (Wildman–Crippen LogP) is 4.34. The van der Waals surface area contributed by atoms with E-state index in [4.69, 9.17) is 4.74 Å². The average molecular weight is 297 g/mol. The van der Waals surface area contributed by atoms with Crippen LogP contribution >= 0.6 is 0 Å². The number of allylic oxidation sites excluding steroid dienone is 1. The van der Waals surface area contributed by atoms with Gasteiger partial charge >= 0.3 is 5.97 Å². The van der Waals surface area contributed by atoms with Crippen molar-refractivity contribution in [2.24, 2.45) is 0 Å². The van der Waals surface area contributed by atoms with Crippen LogP contribution in [0.4, 0.5) is 0 Å². The monoisotopic (exact) mass is 296 g/mol. The molecule has 0 fully saturated rings. The summed E-state index contributed by atoms with van der Waals surface area (Å²) in [5.74, 6) is -0.243. The smallest absolute Gasteiger partial charge is 0.337 e. The first-order valence-corrected chi connectivity index (χ1v) is 13.6. The molecule has 0 bridgehead atoms. The first-order chi connectivity index (χ1) is 8.42. The van der Waals surface area contributed by atoms with Gasteiger partial charge < -0.3 is 4.74 Å². The van der Waals surface area contributed by atoms with Crippen molar-refractivity contribution in [2.45, 2.75) is 46.2 Å². The lowest BCUT2D eigenvalue weighted by Gasteiger charge is -2.27. The predicted molar refractivity (Wildman–Crippen MR) is 89.7 cm³/mol. The standard InChI is InChI=1S/C15H28O2Si2/c1-10-11-17-15(16)14(12(2)18(4,5)6)13(3)19(7,8)9/h10H,1-2,11H2,3-9H3/b14-13-. The van der Waals surface area contributed by atoms with E-state index in [0.29, 0.717) is 0 Å². The molecule has 0 amide bonds. The second-order valence-corrected chi connectivity index (χ2v) is 17.2. The third-order valence-corrected chi connectivity index (χ3v) is 7.80. The lowest BCUT2D eigenvalue weighted by Crippen LogP contribution is -2.33. The second-order valence-electron chi connectivity index (χ2n) is 6.87. The van der Waals surface area contributed by atoms with Crippen molar-refractivity contribution < 1.29 is 9.53 Å². The van der Waals surface area contributed by atoms with E-state index < -0.39 is 16.1 Å². The zero-order valence-electron chi connectivity index (χ0n) is 13.5. The number of hydrogen-bond donors (Lipinski definition) is 0. The fraction of sp³-hybridized carbons (Fsp3) is 0.533. The Bertz CT molecular complexity index is 407. The van der Waals surface area contributed by atoms with Gasteiger partial charge in [0, 0.05) is 0 Å². The minimum Gasteiger partial charge on any atom is -0.458 e. The van der Waals surface area contributed by atoms with Gasteiger partial charge in [-0.3, -0.25) is 0 Å². The topological polar surface area (TPSA) is 26.3 Å². The number of carbonyl (C=O) groups is 1. The Balaban J connectivity index is 5.72. The van der Waals surface area contributed by atoms with E-state index in [1.165, 1.54) is 5.20 Å². The first kappa shape index (κ1) is 18.1. The summed E-state index contributed by atoms with van der Waals surface area (Å²) in [7, 11) is -3.18. The summed E-state index contributed by atoms with van der Waals surface area (Å²) in [6.45, 7) is 23.4. The van der Waals surface area contributed by atoms with Crippen molar-refractivity contribution in [3.05, 3.63) is 35.2 Å². The summed E-state index contributed by atoms with van der Waals surface area (Å²) in [6, 6.07) is 0. The van der Waals surface area contributed by atoms with Crippen molar-refractivity contribution >= 4 is 22.1 Å². The fourth-order valence-electron chi connectivity index (χ4n) is 1.46. The van der Waals surface area contributed by atoms with E-state index in [1.54, 1.807) is 6.08 Å². The number of carbonyl (C=O) groups excluding carboxylic acids is 1. The molecule has 0 aromatic heterocycles. The van der Waals surface area contributed by atoms with Gasteiger partial charge in [-0.05, 0) is 6.92 Å². The van der Waals surface area contributed by atoms with E-state index >= 15 is 0 Å². The largest absolute Gasteiger partial charge is 0.458 e. The summed E-state index contributed by atoms with van der Waals surface area (Å²) in [6.07, 6.45) is 1.59. The molecule has 0 aromatic rings. The van der Waals surface area contributed by atoms with Gasteiger partial charge in [0.15, 0.2) is 0 Å². The van der Waals surface area contributed by atoms with Crippen LogP contribution in [0.2, 0.25) is 39.3 Å². The van der Waals surface area contributed by atoms with Gasteiger partial charge in [-0.2, -0.15) is 0 Å². The lowest BCUT2D eigenvalue weighted by atomic mass is 10.2. The van der Waals surface area contributed by atoms with Crippen LogP contribution in [0.25, 0.3) is 0 Å². The molecule has 0 spiro atoms. The van der Waals surface area contributed by atoms with Crippen molar-refractivity contribution in [3.63, 3.8) is 0 Å². The SMILES string of the molecule is C=CCOC(=O)/C(C(=C)[Si](C)(C)C)=C(/C)[Si](C)(C)C. The van der Waals surface area contributed by atoms with E-state index in [2.05, 4.69) is 59.4 Å². The molecule has 0 heterocycles. The van der Waals surface area contributed by atoms with E-state index in [0.717, 1.165) is 10.8 Å². The molecule has 0 radical (unpaired) electrons. The van der Waals surface area contributed by atoms with Crippen molar-refractivity contribution in [1.82, 2.24) is 0 Å². The molecule has 0 rings (SSSR count). The molecular weight excluding hydrogens is 268 g/mol. The molecule has 108 valence electrons. The van der Waals surface area contributed by atoms with Gasteiger partial charge in [0.1, 0.15) is 6.61 Å². The van der Waals surface area contributed by atoms with Gasteiger partial charge in [-0.15, -0.1) is 0 Å². The molecular formula is C15H28O2Si2. The van der Waals surface area contributed by atoms with Gasteiger partial charge in [0.2, 0.25) is 0 Å². The fourth-order valence-corrected chi connectivity index (χ4v) is 3.63. The minimum atomic E-state index is -1.62. The number of ether oxygens (including phenoxy) is 1. The van der Waals surface area contributed by atoms with E-state index in [-0.39, 0.29) is 12.6 Å². The van der Waals surface area contributed by atoms with Crippen LogP contribution in [0.5, 0.6) is 0 Å². The van der Waals surface area contributed by atoms with Gasteiger partial charge in [0.25, 0.3) is 0 Å². The van der Waals surface area contributed by atoms with Gasteiger partial charge in [0.05, 0.1) is 21.7 Å². The second kappa shape index (κ2) is 6.52. The van der Waals surface area contributed by atoms with Crippen LogP contribution in [-0.2, 0) is 9.53 Å². The summed E-state index contributed by atoms with van der Waals surface area (Å²) < 4.78 is 5.25. The summed E-state index contributed by atoms with van der Waals surface area (Å²) in [5, 5.41) is 2.16. The number of rotatable bonds is 6. The lowest BCUT2D eigenvalue weighted by molar-refractivity contribution is -0.137. The zero-order chi connectivity index (χ0) is 15.4. The van der Waals surface area contributed by atoms with Gasteiger partial charge in [-0.25, -0.2) is 4.79 Å². The maximum absolute atomic E-state index is 12.3. The Labute approximate surface area is 120 Å². The normalized spacial score (nSPS) is 13.6. The van der Waals surface area contributed by atoms with E-state index in [1.807, 2.05) is 0 Å². The summed E-state index contributed by atoms with van der Waals surface area (Å²) >= 11 is 0. The van der Waals surface area contributed by atoms with Crippen LogP contribution in [0, 0.1) is 0 Å². The molecule has 0 unspecified atom stereocenters. The Morgan fingerprint density at radius 3 is 1.89 bits per heavy atom. The van der Waals surface area contributed by atoms with Crippen molar-refractivity contribution in [2.75, 3.05) is 6.61 Å². The Morgan fingerprint density at radius 2 is 1.58 bits per heavy atom. The summed E-state index contributed by atoms with van der Waals surface area (Å²) in [4.78, 5) is 12.3. The average Bonchev–Trinajstić information content (AvgIpc) is 2.23. The zero-order valence-corrected chi connectivity index (χ0v) is 15.5.